The van der Waals surface area contributed by atoms with E-state index in [1.807, 2.05) is 13.0 Å². The zero-order chi connectivity index (χ0) is 10.4. The summed E-state index contributed by atoms with van der Waals surface area (Å²) >= 11 is 0. The lowest BCUT2D eigenvalue weighted by Gasteiger charge is -2.08. The van der Waals surface area contributed by atoms with E-state index in [1.54, 1.807) is 12.3 Å². The first kappa shape index (κ1) is 10.4. The molecule has 0 aliphatic rings. The van der Waals surface area contributed by atoms with Crippen LogP contribution in [0.2, 0.25) is 0 Å². The fraction of sp³-hybridized carbons (Fsp3) is 0.300. The Morgan fingerprint density at radius 1 is 1.50 bits per heavy atom. The molecular weight excluding hydrogens is 176 g/mol. The van der Waals surface area contributed by atoms with E-state index >= 15 is 0 Å². The Labute approximate surface area is 84.0 Å². The third kappa shape index (κ3) is 2.65. The zero-order valence-electron chi connectivity index (χ0n) is 8.33. The highest BCUT2D eigenvalue weighted by atomic mass is 15.0. The molecule has 4 nitrogen and oxygen atoms in total. The molecule has 5 N–H and O–H groups in total. The molecule has 0 bridgehead atoms. The van der Waals surface area contributed by atoms with E-state index in [1.165, 1.54) is 0 Å². The SMILES string of the molecule is C/C=C/CCNc1nccc(N)c1N. The summed E-state index contributed by atoms with van der Waals surface area (Å²) in [6.07, 6.45) is 6.68. The summed E-state index contributed by atoms with van der Waals surface area (Å²) in [6, 6.07) is 1.69. The summed E-state index contributed by atoms with van der Waals surface area (Å²) in [5.41, 5.74) is 12.4. The summed E-state index contributed by atoms with van der Waals surface area (Å²) in [4.78, 5) is 4.10. The van der Waals surface area contributed by atoms with Gasteiger partial charge in [-0.05, 0) is 19.4 Å². The van der Waals surface area contributed by atoms with Gasteiger partial charge < -0.3 is 16.8 Å². The normalized spacial score (nSPS) is 10.6. The summed E-state index contributed by atoms with van der Waals surface area (Å²) in [7, 11) is 0. The van der Waals surface area contributed by atoms with Gasteiger partial charge in [0.05, 0.1) is 11.4 Å². The van der Waals surface area contributed by atoms with Crippen molar-refractivity contribution in [3.63, 3.8) is 0 Å². The molecular formula is C10H16N4. The van der Waals surface area contributed by atoms with E-state index < -0.39 is 0 Å². The van der Waals surface area contributed by atoms with Crippen molar-refractivity contribution in [3.05, 3.63) is 24.4 Å². The van der Waals surface area contributed by atoms with Gasteiger partial charge in [0, 0.05) is 12.7 Å². The Hall–Kier alpha value is -1.71. The molecule has 0 saturated carbocycles. The number of aromatic nitrogens is 1. The third-order valence-electron chi connectivity index (χ3n) is 1.86. The second-order valence-electron chi connectivity index (χ2n) is 2.95. The van der Waals surface area contributed by atoms with Crippen molar-refractivity contribution in [1.29, 1.82) is 0 Å². The maximum absolute atomic E-state index is 5.73. The molecule has 0 aliphatic carbocycles. The number of nitrogens with zero attached hydrogens (tertiary/aromatic N) is 1. The Morgan fingerprint density at radius 2 is 2.29 bits per heavy atom. The van der Waals surface area contributed by atoms with E-state index in [0.29, 0.717) is 17.2 Å². The molecule has 0 saturated heterocycles. The molecule has 0 spiro atoms. The van der Waals surface area contributed by atoms with Crippen molar-refractivity contribution in [2.24, 2.45) is 0 Å². The van der Waals surface area contributed by atoms with Crippen LogP contribution in [0.1, 0.15) is 13.3 Å². The van der Waals surface area contributed by atoms with Crippen molar-refractivity contribution >= 4 is 17.2 Å². The van der Waals surface area contributed by atoms with E-state index in [4.69, 9.17) is 11.5 Å². The van der Waals surface area contributed by atoms with E-state index in [9.17, 15) is 0 Å². The van der Waals surface area contributed by atoms with Crippen LogP contribution in [0.5, 0.6) is 0 Å². The van der Waals surface area contributed by atoms with Crippen LogP contribution >= 0.6 is 0 Å². The lowest BCUT2D eigenvalue weighted by Crippen LogP contribution is -2.07. The number of hydrogen-bond acceptors (Lipinski definition) is 4. The van der Waals surface area contributed by atoms with Crippen LogP contribution in [0.25, 0.3) is 0 Å². The summed E-state index contributed by atoms with van der Waals surface area (Å²) in [5.74, 6) is 0.662. The first-order valence-electron chi connectivity index (χ1n) is 4.60. The van der Waals surface area contributed by atoms with Crippen LogP contribution in [0.15, 0.2) is 24.4 Å². The summed E-state index contributed by atoms with van der Waals surface area (Å²) < 4.78 is 0. The van der Waals surface area contributed by atoms with Crippen molar-refractivity contribution in [2.45, 2.75) is 13.3 Å². The number of nitrogens with one attached hydrogen (secondary N) is 1. The second kappa shape index (κ2) is 5.11. The van der Waals surface area contributed by atoms with Crippen LogP contribution in [-0.2, 0) is 0 Å². The Kier molecular flexibility index (Phi) is 3.79. The lowest BCUT2D eigenvalue weighted by molar-refractivity contribution is 1.05. The topological polar surface area (TPSA) is 77.0 Å². The zero-order valence-corrected chi connectivity index (χ0v) is 8.33. The Bertz CT molecular complexity index is 320. The van der Waals surface area contributed by atoms with Gasteiger partial charge in [0.1, 0.15) is 0 Å². The molecule has 0 aliphatic heterocycles. The highest BCUT2D eigenvalue weighted by Crippen LogP contribution is 2.21. The maximum Gasteiger partial charge on any atom is 0.151 e. The van der Waals surface area contributed by atoms with Crippen LogP contribution in [0, 0.1) is 0 Å². The molecule has 0 fully saturated rings. The molecule has 1 heterocycles. The van der Waals surface area contributed by atoms with Crippen molar-refractivity contribution in [2.75, 3.05) is 23.3 Å². The molecule has 0 atom stereocenters. The minimum absolute atomic E-state index is 0.521. The quantitative estimate of drug-likeness (QED) is 0.500. The van der Waals surface area contributed by atoms with Crippen LogP contribution in [0.4, 0.5) is 17.2 Å². The average molecular weight is 192 g/mol. The smallest absolute Gasteiger partial charge is 0.151 e. The molecule has 0 unspecified atom stereocenters. The predicted molar refractivity (Wildman–Crippen MR) is 61.0 cm³/mol. The van der Waals surface area contributed by atoms with Gasteiger partial charge in [-0.1, -0.05) is 12.2 Å². The van der Waals surface area contributed by atoms with Crippen molar-refractivity contribution in [3.8, 4) is 0 Å². The minimum Gasteiger partial charge on any atom is -0.397 e. The lowest BCUT2D eigenvalue weighted by atomic mass is 10.3. The molecule has 4 heteroatoms. The molecule has 0 aromatic carbocycles. The van der Waals surface area contributed by atoms with E-state index in [-0.39, 0.29) is 0 Å². The van der Waals surface area contributed by atoms with Crippen LogP contribution in [0.3, 0.4) is 0 Å². The monoisotopic (exact) mass is 192 g/mol. The number of nitrogens with two attached hydrogens (primary N) is 2. The first-order chi connectivity index (χ1) is 6.75. The van der Waals surface area contributed by atoms with Gasteiger partial charge in [0.2, 0.25) is 0 Å². The molecule has 1 aromatic rings. The highest BCUT2D eigenvalue weighted by Gasteiger charge is 2.01. The molecule has 1 aromatic heterocycles. The molecule has 0 amide bonds. The Balaban J connectivity index is 2.54. The van der Waals surface area contributed by atoms with Crippen molar-refractivity contribution < 1.29 is 0 Å². The third-order valence-corrected chi connectivity index (χ3v) is 1.86. The van der Waals surface area contributed by atoms with E-state index in [2.05, 4.69) is 16.4 Å². The number of pyridine rings is 1. The molecule has 0 radical (unpaired) electrons. The highest BCUT2D eigenvalue weighted by molar-refractivity contribution is 5.75. The van der Waals surface area contributed by atoms with Gasteiger partial charge in [0.25, 0.3) is 0 Å². The second-order valence-corrected chi connectivity index (χ2v) is 2.95. The van der Waals surface area contributed by atoms with Gasteiger partial charge in [0.15, 0.2) is 5.82 Å². The summed E-state index contributed by atoms with van der Waals surface area (Å²) in [5, 5.41) is 3.12. The van der Waals surface area contributed by atoms with Crippen LogP contribution < -0.4 is 16.8 Å². The Morgan fingerprint density at radius 3 is 3.00 bits per heavy atom. The van der Waals surface area contributed by atoms with Gasteiger partial charge in [-0.3, -0.25) is 0 Å². The molecule has 14 heavy (non-hydrogen) atoms. The van der Waals surface area contributed by atoms with Gasteiger partial charge >= 0.3 is 0 Å². The number of anilines is 3. The van der Waals surface area contributed by atoms with Crippen molar-refractivity contribution in [1.82, 2.24) is 4.98 Å². The van der Waals surface area contributed by atoms with Gasteiger partial charge in [-0.2, -0.15) is 0 Å². The van der Waals surface area contributed by atoms with Gasteiger partial charge in [-0.25, -0.2) is 4.98 Å². The maximum atomic E-state index is 5.73. The van der Waals surface area contributed by atoms with Gasteiger partial charge in [-0.15, -0.1) is 0 Å². The number of allylic oxidation sites excluding steroid dienone is 1. The average Bonchev–Trinajstić information content (AvgIpc) is 2.19. The number of nitrogen functional groups attached to an aromatic ring is 2. The van der Waals surface area contributed by atoms with Crippen LogP contribution in [-0.4, -0.2) is 11.5 Å². The molecule has 1 rings (SSSR count). The molecule has 76 valence electrons. The predicted octanol–water partition coefficient (Wildman–Crippen LogP) is 1.62. The van der Waals surface area contributed by atoms with E-state index in [0.717, 1.165) is 13.0 Å². The largest absolute Gasteiger partial charge is 0.397 e. The summed E-state index contributed by atoms with van der Waals surface area (Å²) in [6.45, 7) is 2.80. The first-order valence-corrected chi connectivity index (χ1v) is 4.60. The number of rotatable bonds is 4. The standard InChI is InChI=1S/C10H16N4/c1-2-3-4-6-13-10-9(12)8(11)5-7-14-10/h2-3,5,7H,4,6,12H2,1H3,(H3,11,13,14)/b3-2+. The minimum atomic E-state index is 0.521. The number of hydrogen-bond donors (Lipinski definition) is 3. The fourth-order valence-electron chi connectivity index (χ4n) is 1.07. The fourth-order valence-corrected chi connectivity index (χ4v) is 1.07.